The second kappa shape index (κ2) is 3.62. The highest BCUT2D eigenvalue weighted by molar-refractivity contribution is 6.28. The predicted molar refractivity (Wildman–Crippen MR) is 54.9 cm³/mol. The number of hydrogen-bond acceptors (Lipinski definition) is 2. The molecule has 3 N–H and O–H groups in total. The van der Waals surface area contributed by atoms with Crippen LogP contribution in [0.4, 0.5) is 0 Å². The van der Waals surface area contributed by atoms with E-state index in [1.54, 1.807) is 14.9 Å². The van der Waals surface area contributed by atoms with Crippen LogP contribution in [0.15, 0.2) is 30.3 Å². The van der Waals surface area contributed by atoms with Crippen molar-refractivity contribution in [3.05, 3.63) is 35.9 Å². The van der Waals surface area contributed by atoms with Gasteiger partial charge in [-0.1, -0.05) is 30.3 Å². The Morgan fingerprint density at radius 2 is 2.00 bits per heavy atom. The van der Waals surface area contributed by atoms with Gasteiger partial charge < -0.3 is 11.1 Å². The van der Waals surface area contributed by atoms with Crippen molar-refractivity contribution in [3.8, 4) is 0 Å². The van der Waals surface area contributed by atoms with Crippen LogP contribution in [0.1, 0.15) is 5.56 Å². The van der Waals surface area contributed by atoms with Crippen LogP contribution in [-0.4, -0.2) is 20.8 Å². The zero-order chi connectivity index (χ0) is 9.90. The SMILES string of the molecule is BC(N)(C(=O)NC)c1ccccc1. The van der Waals surface area contributed by atoms with Crippen molar-refractivity contribution in [1.82, 2.24) is 5.32 Å². The van der Waals surface area contributed by atoms with Crippen LogP contribution in [0, 0.1) is 0 Å². The summed E-state index contributed by atoms with van der Waals surface area (Å²) in [6.45, 7) is 0. The van der Waals surface area contributed by atoms with Gasteiger partial charge in [0.05, 0.1) is 5.44 Å². The molecule has 1 atom stereocenters. The van der Waals surface area contributed by atoms with Crippen LogP contribution in [0.3, 0.4) is 0 Å². The second-order valence-electron chi connectivity index (χ2n) is 3.15. The fourth-order valence-electron chi connectivity index (χ4n) is 1.18. The van der Waals surface area contributed by atoms with Crippen molar-refractivity contribution in [1.29, 1.82) is 0 Å². The van der Waals surface area contributed by atoms with Gasteiger partial charge in [0.2, 0.25) is 5.91 Å². The van der Waals surface area contributed by atoms with E-state index in [9.17, 15) is 4.79 Å². The van der Waals surface area contributed by atoms with Crippen molar-refractivity contribution in [2.75, 3.05) is 7.05 Å². The quantitative estimate of drug-likeness (QED) is 0.578. The fourth-order valence-corrected chi connectivity index (χ4v) is 1.18. The lowest BCUT2D eigenvalue weighted by Crippen LogP contribution is -2.50. The monoisotopic (exact) mass is 176 g/mol. The number of amides is 1. The molecular weight excluding hydrogens is 163 g/mol. The van der Waals surface area contributed by atoms with Crippen molar-refractivity contribution in [2.45, 2.75) is 5.44 Å². The van der Waals surface area contributed by atoms with Gasteiger partial charge >= 0.3 is 0 Å². The van der Waals surface area contributed by atoms with E-state index in [1.807, 2.05) is 30.3 Å². The highest BCUT2D eigenvalue weighted by Gasteiger charge is 2.28. The highest BCUT2D eigenvalue weighted by Crippen LogP contribution is 2.13. The molecule has 4 heteroatoms. The third-order valence-corrected chi connectivity index (χ3v) is 2.07. The Labute approximate surface area is 78.7 Å². The van der Waals surface area contributed by atoms with Crippen molar-refractivity contribution >= 4 is 13.8 Å². The van der Waals surface area contributed by atoms with E-state index in [2.05, 4.69) is 5.32 Å². The summed E-state index contributed by atoms with van der Waals surface area (Å²) in [7, 11) is 3.28. The van der Waals surface area contributed by atoms with Crippen LogP contribution in [0.25, 0.3) is 0 Å². The van der Waals surface area contributed by atoms with E-state index in [-0.39, 0.29) is 5.91 Å². The number of nitrogens with one attached hydrogen (secondary N) is 1. The Morgan fingerprint density at radius 3 is 2.46 bits per heavy atom. The van der Waals surface area contributed by atoms with Crippen LogP contribution in [0.5, 0.6) is 0 Å². The van der Waals surface area contributed by atoms with Crippen molar-refractivity contribution < 1.29 is 4.79 Å². The van der Waals surface area contributed by atoms with E-state index < -0.39 is 5.44 Å². The summed E-state index contributed by atoms with van der Waals surface area (Å²) in [5.41, 5.74) is 5.75. The summed E-state index contributed by atoms with van der Waals surface area (Å²) in [5.74, 6) is -0.182. The topological polar surface area (TPSA) is 55.1 Å². The van der Waals surface area contributed by atoms with Gasteiger partial charge in [-0.05, 0) is 5.56 Å². The molecule has 3 nitrogen and oxygen atoms in total. The summed E-state index contributed by atoms with van der Waals surface area (Å²) in [4.78, 5) is 11.4. The van der Waals surface area contributed by atoms with Crippen LogP contribution < -0.4 is 11.1 Å². The second-order valence-corrected chi connectivity index (χ2v) is 3.15. The van der Waals surface area contributed by atoms with Crippen molar-refractivity contribution in [3.63, 3.8) is 0 Å². The first-order valence-electron chi connectivity index (χ1n) is 4.15. The Kier molecular flexibility index (Phi) is 2.73. The Hall–Kier alpha value is -1.29. The van der Waals surface area contributed by atoms with E-state index in [0.29, 0.717) is 0 Å². The summed E-state index contributed by atoms with van der Waals surface area (Å²) in [5, 5.41) is 2.54. The Morgan fingerprint density at radius 1 is 1.46 bits per heavy atom. The molecule has 0 saturated heterocycles. The summed E-state index contributed by atoms with van der Waals surface area (Å²) < 4.78 is 0. The Bertz CT molecular complexity index is 298. The molecule has 1 aromatic rings. The molecule has 68 valence electrons. The molecule has 13 heavy (non-hydrogen) atoms. The largest absolute Gasteiger partial charge is 0.358 e. The molecule has 0 aliphatic heterocycles. The minimum atomic E-state index is -0.948. The summed E-state index contributed by atoms with van der Waals surface area (Å²) >= 11 is 0. The minimum Gasteiger partial charge on any atom is -0.358 e. The zero-order valence-corrected chi connectivity index (χ0v) is 7.87. The van der Waals surface area contributed by atoms with Gasteiger partial charge in [0.1, 0.15) is 7.85 Å². The molecule has 1 amide bonds. The van der Waals surface area contributed by atoms with E-state index in [1.165, 1.54) is 0 Å². The molecule has 1 unspecified atom stereocenters. The van der Waals surface area contributed by atoms with Crippen molar-refractivity contribution in [2.24, 2.45) is 5.73 Å². The van der Waals surface area contributed by atoms with Gasteiger partial charge in [-0.25, -0.2) is 0 Å². The van der Waals surface area contributed by atoms with Gasteiger partial charge in [0.15, 0.2) is 0 Å². The molecule has 0 aromatic heterocycles. The smallest absolute Gasteiger partial charge is 0.235 e. The average molecular weight is 176 g/mol. The van der Waals surface area contributed by atoms with Gasteiger partial charge in [0.25, 0.3) is 0 Å². The van der Waals surface area contributed by atoms with Crippen LogP contribution >= 0.6 is 0 Å². The maximum Gasteiger partial charge on any atom is 0.235 e. The maximum atomic E-state index is 11.4. The third-order valence-electron chi connectivity index (χ3n) is 2.07. The van der Waals surface area contributed by atoms with Gasteiger partial charge in [-0.2, -0.15) is 0 Å². The van der Waals surface area contributed by atoms with Crippen LogP contribution in [0.2, 0.25) is 0 Å². The molecule has 0 aliphatic carbocycles. The van der Waals surface area contributed by atoms with Crippen LogP contribution in [-0.2, 0) is 10.2 Å². The van der Waals surface area contributed by atoms with E-state index in [4.69, 9.17) is 5.73 Å². The lowest BCUT2D eigenvalue weighted by Gasteiger charge is -2.22. The predicted octanol–water partition coefficient (Wildman–Crippen LogP) is -0.823. The number of carbonyl (C=O) groups excluding carboxylic acids is 1. The molecule has 0 saturated carbocycles. The van der Waals surface area contributed by atoms with E-state index >= 15 is 0 Å². The molecule has 0 aliphatic rings. The first-order valence-corrected chi connectivity index (χ1v) is 4.15. The number of hydrogen-bond donors (Lipinski definition) is 2. The number of carbonyl (C=O) groups is 1. The van der Waals surface area contributed by atoms with Gasteiger partial charge in [-0.15, -0.1) is 0 Å². The van der Waals surface area contributed by atoms with Gasteiger partial charge in [-0.3, -0.25) is 4.79 Å². The van der Waals surface area contributed by atoms with E-state index in [0.717, 1.165) is 5.56 Å². The lowest BCUT2D eigenvalue weighted by molar-refractivity contribution is -0.123. The normalized spacial score (nSPS) is 14.6. The lowest BCUT2D eigenvalue weighted by atomic mass is 9.72. The highest BCUT2D eigenvalue weighted by atomic mass is 16.2. The molecular formula is C9H13BN2O. The minimum absolute atomic E-state index is 0.182. The Balaban J connectivity index is 3.00. The maximum absolute atomic E-state index is 11.4. The first kappa shape index (κ1) is 9.80. The molecule has 0 bridgehead atoms. The molecule has 0 radical (unpaired) electrons. The zero-order valence-electron chi connectivity index (χ0n) is 7.87. The standard InChI is InChI=1S/C9H13BN2O/c1-12-8(13)9(10,11)7-5-3-2-4-6-7/h2-6H,10-11H2,1H3,(H,12,13). The molecule has 1 aromatic carbocycles. The first-order chi connectivity index (χ1) is 6.09. The molecule has 0 spiro atoms. The number of benzene rings is 1. The number of nitrogens with two attached hydrogens (primary N) is 1. The molecule has 0 fully saturated rings. The number of likely N-dealkylation sites (N-methyl/N-ethyl adjacent to an activating group) is 1. The molecule has 0 heterocycles. The average Bonchev–Trinajstić information content (AvgIpc) is 2.18. The summed E-state index contributed by atoms with van der Waals surface area (Å²) in [6, 6.07) is 9.31. The fraction of sp³-hybridized carbons (Fsp3) is 0.222. The third kappa shape index (κ3) is 1.90. The number of rotatable bonds is 2. The molecule has 1 rings (SSSR count). The summed E-state index contributed by atoms with van der Waals surface area (Å²) in [6.07, 6.45) is 0. The van der Waals surface area contributed by atoms with Gasteiger partial charge in [0, 0.05) is 7.05 Å².